The molecular formula is C19H19BrN2O3. The molecule has 6 heteroatoms. The van der Waals surface area contributed by atoms with Gasteiger partial charge in [-0.1, -0.05) is 29.8 Å². The van der Waals surface area contributed by atoms with Gasteiger partial charge in [-0.2, -0.15) is 5.26 Å². The maximum Gasteiger partial charge on any atom is 0.205 e. The first-order valence-corrected chi connectivity index (χ1v) is 8.74. The number of ketones is 1. The Balaban J connectivity index is 2.23. The van der Waals surface area contributed by atoms with Crippen LogP contribution in [0.4, 0.5) is 0 Å². The molecular weight excluding hydrogens is 384 g/mol. The summed E-state index contributed by atoms with van der Waals surface area (Å²) in [7, 11) is 1.57. The zero-order valence-corrected chi connectivity index (χ0v) is 15.9. The number of ether oxygens (including phenoxy) is 2. The molecule has 1 unspecified atom stereocenters. The van der Waals surface area contributed by atoms with E-state index < -0.39 is 5.92 Å². The number of carbonyl (C=O) groups is 1. The quantitative estimate of drug-likeness (QED) is 0.810. The van der Waals surface area contributed by atoms with Crippen LogP contribution in [0.2, 0.25) is 0 Å². The van der Waals surface area contributed by atoms with Gasteiger partial charge in [0.15, 0.2) is 5.78 Å². The Morgan fingerprint density at radius 1 is 1.40 bits per heavy atom. The summed E-state index contributed by atoms with van der Waals surface area (Å²) >= 11 is 3.53. The number of methoxy groups -OCH3 is 1. The summed E-state index contributed by atoms with van der Waals surface area (Å²) < 4.78 is 11.8. The Bertz CT molecular complexity index is 862. The molecule has 1 aliphatic heterocycles. The average Bonchev–Trinajstić information content (AvgIpc) is 2.53. The fourth-order valence-electron chi connectivity index (χ4n) is 3.47. The van der Waals surface area contributed by atoms with Crippen molar-refractivity contribution in [3.05, 3.63) is 51.0 Å². The van der Waals surface area contributed by atoms with Crippen molar-refractivity contribution in [2.24, 2.45) is 11.1 Å². The van der Waals surface area contributed by atoms with E-state index in [1.54, 1.807) is 7.11 Å². The third-order valence-corrected chi connectivity index (χ3v) is 5.31. The molecule has 2 aliphatic rings. The summed E-state index contributed by atoms with van der Waals surface area (Å²) in [6, 6.07) is 7.60. The van der Waals surface area contributed by atoms with Gasteiger partial charge in [-0.15, -0.1) is 0 Å². The number of benzene rings is 1. The van der Waals surface area contributed by atoms with E-state index in [-0.39, 0.29) is 22.7 Å². The zero-order valence-electron chi connectivity index (χ0n) is 14.4. The van der Waals surface area contributed by atoms with Gasteiger partial charge >= 0.3 is 0 Å². The molecule has 0 amide bonds. The second-order valence-electron chi connectivity index (χ2n) is 7.09. The SMILES string of the molecule is COc1ccc(Br)c(C2C(C#N)=C(N)OC3=C2C(=O)CC(C)(C)C3)c1. The van der Waals surface area contributed by atoms with Crippen LogP contribution < -0.4 is 10.5 Å². The standard InChI is InChI=1S/C19H19BrN2O3/c1-19(2)7-14(23)17-15(8-19)25-18(22)12(9-21)16(17)11-6-10(24-3)4-5-13(11)20/h4-6,16H,7-8,22H2,1-3H3. The molecule has 0 spiro atoms. The van der Waals surface area contributed by atoms with Crippen molar-refractivity contribution in [3.8, 4) is 11.8 Å². The van der Waals surface area contributed by atoms with Crippen LogP contribution in [-0.4, -0.2) is 12.9 Å². The monoisotopic (exact) mass is 402 g/mol. The van der Waals surface area contributed by atoms with Gasteiger partial charge in [0.2, 0.25) is 5.88 Å². The van der Waals surface area contributed by atoms with Gasteiger partial charge in [0.25, 0.3) is 0 Å². The molecule has 1 aromatic carbocycles. The Hall–Kier alpha value is -2.26. The first-order valence-electron chi connectivity index (χ1n) is 7.94. The van der Waals surface area contributed by atoms with Gasteiger partial charge < -0.3 is 15.2 Å². The van der Waals surface area contributed by atoms with Crippen molar-refractivity contribution >= 4 is 21.7 Å². The highest BCUT2D eigenvalue weighted by atomic mass is 79.9. The molecule has 0 fully saturated rings. The molecule has 0 saturated carbocycles. The summed E-state index contributed by atoms with van der Waals surface area (Å²) in [4.78, 5) is 12.9. The molecule has 0 bridgehead atoms. The third kappa shape index (κ3) is 3.05. The van der Waals surface area contributed by atoms with Gasteiger partial charge in [-0.25, -0.2) is 0 Å². The largest absolute Gasteiger partial charge is 0.497 e. The smallest absolute Gasteiger partial charge is 0.205 e. The summed E-state index contributed by atoms with van der Waals surface area (Å²) in [5, 5.41) is 9.64. The Morgan fingerprint density at radius 2 is 2.12 bits per heavy atom. The highest BCUT2D eigenvalue weighted by Crippen LogP contribution is 2.49. The molecule has 0 radical (unpaired) electrons. The molecule has 130 valence electrons. The number of nitrogens with two attached hydrogens (primary N) is 1. The second kappa shape index (κ2) is 6.23. The molecule has 1 aromatic rings. The van der Waals surface area contributed by atoms with Gasteiger partial charge in [-0.3, -0.25) is 4.79 Å². The number of hydrogen-bond donors (Lipinski definition) is 1. The van der Waals surface area contributed by atoms with Crippen LogP contribution in [0.5, 0.6) is 5.75 Å². The minimum absolute atomic E-state index is 0.00813. The van der Waals surface area contributed by atoms with Crippen molar-refractivity contribution in [3.63, 3.8) is 0 Å². The van der Waals surface area contributed by atoms with Crippen LogP contribution in [0, 0.1) is 16.7 Å². The van der Waals surface area contributed by atoms with Crippen molar-refractivity contribution in [1.82, 2.24) is 0 Å². The van der Waals surface area contributed by atoms with E-state index in [0.717, 1.165) is 10.0 Å². The fourth-order valence-corrected chi connectivity index (χ4v) is 3.94. The number of carbonyl (C=O) groups excluding carboxylic acids is 1. The van der Waals surface area contributed by atoms with E-state index in [2.05, 4.69) is 22.0 Å². The molecule has 1 heterocycles. The molecule has 2 N–H and O–H groups in total. The summed E-state index contributed by atoms with van der Waals surface area (Å²) in [5.41, 5.74) is 7.37. The molecule has 0 aromatic heterocycles. The fraction of sp³-hybridized carbons (Fsp3) is 0.368. The lowest BCUT2D eigenvalue weighted by Crippen LogP contribution is -2.33. The molecule has 25 heavy (non-hydrogen) atoms. The summed E-state index contributed by atoms with van der Waals surface area (Å²) in [6.07, 6.45) is 1.01. The average molecular weight is 403 g/mol. The normalized spacial score (nSPS) is 22.2. The number of nitriles is 1. The van der Waals surface area contributed by atoms with Crippen molar-refractivity contribution < 1.29 is 14.3 Å². The van der Waals surface area contributed by atoms with Gasteiger partial charge in [0.05, 0.1) is 13.0 Å². The third-order valence-electron chi connectivity index (χ3n) is 4.59. The molecule has 5 nitrogen and oxygen atoms in total. The molecule has 3 rings (SSSR count). The van der Waals surface area contributed by atoms with E-state index in [1.165, 1.54) is 0 Å². The van der Waals surface area contributed by atoms with Gasteiger partial charge in [0, 0.05) is 22.9 Å². The topological polar surface area (TPSA) is 85.3 Å². The molecule has 1 atom stereocenters. The first-order chi connectivity index (χ1) is 11.8. The minimum atomic E-state index is -0.554. The lowest BCUT2D eigenvalue weighted by molar-refractivity contribution is -0.119. The van der Waals surface area contributed by atoms with Crippen LogP contribution in [0.15, 0.2) is 45.5 Å². The number of Topliss-reactive ketones (excluding diaryl/α,β-unsaturated/α-hetero) is 1. The minimum Gasteiger partial charge on any atom is -0.497 e. The van der Waals surface area contributed by atoms with Crippen molar-refractivity contribution in [2.45, 2.75) is 32.6 Å². The summed E-state index contributed by atoms with van der Waals surface area (Å²) in [6.45, 7) is 4.04. The highest BCUT2D eigenvalue weighted by molar-refractivity contribution is 9.10. The maximum atomic E-state index is 12.9. The molecule has 0 saturated heterocycles. The maximum absolute atomic E-state index is 12.9. The number of halogens is 1. The summed E-state index contributed by atoms with van der Waals surface area (Å²) in [5.74, 6) is 0.711. The predicted octanol–water partition coefficient (Wildman–Crippen LogP) is 3.91. The lowest BCUT2D eigenvalue weighted by Gasteiger charge is -2.37. The van der Waals surface area contributed by atoms with Crippen LogP contribution in [0.3, 0.4) is 0 Å². The van der Waals surface area contributed by atoms with Crippen LogP contribution in [0.1, 0.15) is 38.2 Å². The number of nitrogens with zero attached hydrogens (tertiary/aromatic N) is 1. The number of rotatable bonds is 2. The number of allylic oxidation sites excluding steroid dienone is 3. The van der Waals surface area contributed by atoms with Crippen LogP contribution in [0.25, 0.3) is 0 Å². The van der Waals surface area contributed by atoms with E-state index in [1.807, 2.05) is 32.0 Å². The zero-order chi connectivity index (χ0) is 18.4. The number of hydrogen-bond acceptors (Lipinski definition) is 5. The van der Waals surface area contributed by atoms with E-state index in [9.17, 15) is 10.1 Å². The Morgan fingerprint density at radius 3 is 2.76 bits per heavy atom. The van der Waals surface area contributed by atoms with E-state index in [4.69, 9.17) is 15.2 Å². The van der Waals surface area contributed by atoms with E-state index in [0.29, 0.717) is 29.9 Å². The Kier molecular flexibility index (Phi) is 4.38. The Labute approximate surface area is 155 Å². The van der Waals surface area contributed by atoms with Crippen LogP contribution >= 0.6 is 15.9 Å². The van der Waals surface area contributed by atoms with Crippen molar-refractivity contribution in [1.29, 1.82) is 5.26 Å². The predicted molar refractivity (Wildman–Crippen MR) is 96.4 cm³/mol. The first kappa shape index (κ1) is 17.6. The van der Waals surface area contributed by atoms with Gasteiger partial charge in [0.1, 0.15) is 23.2 Å². The van der Waals surface area contributed by atoms with Crippen LogP contribution in [-0.2, 0) is 9.53 Å². The van der Waals surface area contributed by atoms with Gasteiger partial charge in [-0.05, 0) is 29.2 Å². The molecule has 1 aliphatic carbocycles. The lowest BCUT2D eigenvalue weighted by atomic mass is 9.70. The van der Waals surface area contributed by atoms with Crippen molar-refractivity contribution in [2.75, 3.05) is 7.11 Å². The second-order valence-corrected chi connectivity index (χ2v) is 7.94. The van der Waals surface area contributed by atoms with E-state index >= 15 is 0 Å². The highest BCUT2D eigenvalue weighted by Gasteiger charge is 2.43.